The van der Waals surface area contributed by atoms with Gasteiger partial charge in [-0.25, -0.2) is 13.4 Å². The highest BCUT2D eigenvalue weighted by Gasteiger charge is 2.33. The van der Waals surface area contributed by atoms with Crippen molar-refractivity contribution >= 4 is 9.84 Å². The van der Waals surface area contributed by atoms with E-state index in [0.717, 1.165) is 37.1 Å². The molecule has 1 aliphatic rings. The fourth-order valence-electron chi connectivity index (χ4n) is 3.82. The third kappa shape index (κ3) is 4.06. The van der Waals surface area contributed by atoms with E-state index in [9.17, 15) is 17.2 Å². The molecule has 3 rings (SSSR count). The second-order valence-corrected chi connectivity index (χ2v) is 9.52. The lowest BCUT2D eigenvalue weighted by Crippen LogP contribution is -2.22. The van der Waals surface area contributed by atoms with Gasteiger partial charge in [0.15, 0.2) is 0 Å². The van der Waals surface area contributed by atoms with Gasteiger partial charge in [-0.1, -0.05) is 31.4 Å². The molecule has 1 heterocycles. The largest absolute Gasteiger partial charge is 0.435 e. The Hall–Kier alpha value is -1.96. The van der Waals surface area contributed by atoms with Crippen molar-refractivity contribution in [1.82, 2.24) is 9.55 Å². The van der Waals surface area contributed by atoms with Crippen LogP contribution in [0.4, 0.5) is 8.78 Å². The molecule has 0 bridgehead atoms. The van der Waals surface area contributed by atoms with Crippen molar-refractivity contribution in [3.8, 4) is 5.75 Å². The van der Waals surface area contributed by atoms with Crippen LogP contribution in [0, 0.1) is 13.8 Å². The zero-order chi connectivity index (χ0) is 20.5. The highest BCUT2D eigenvalue weighted by molar-refractivity contribution is 7.91. The number of nitrogens with zero attached hydrogens (tertiary/aromatic N) is 2. The standard InChI is InChI=1S/C20H26F2N2O3S/c1-13-14(2)24(17-7-5-4-6-8-17)20(23-13)28(25,26)15(3)16-9-11-18(12-10-16)27-19(21)22/h9-12,15,17,19H,4-8H2,1-3H3/t15-/m1/s1. The zero-order valence-electron chi connectivity index (χ0n) is 16.4. The maximum absolute atomic E-state index is 13.4. The summed E-state index contributed by atoms with van der Waals surface area (Å²) in [4.78, 5) is 4.41. The molecule has 2 aromatic rings. The molecule has 1 aromatic heterocycles. The lowest BCUT2D eigenvalue weighted by molar-refractivity contribution is -0.0498. The van der Waals surface area contributed by atoms with Gasteiger partial charge in [0, 0.05) is 11.7 Å². The van der Waals surface area contributed by atoms with Crippen LogP contribution in [0.25, 0.3) is 0 Å². The first-order chi connectivity index (χ1) is 13.2. The van der Waals surface area contributed by atoms with Crippen molar-refractivity contribution in [3.05, 3.63) is 41.2 Å². The number of sulfone groups is 1. The van der Waals surface area contributed by atoms with Crippen molar-refractivity contribution in [2.45, 2.75) is 75.9 Å². The summed E-state index contributed by atoms with van der Waals surface area (Å²) >= 11 is 0. The minimum Gasteiger partial charge on any atom is -0.435 e. The molecule has 0 N–H and O–H groups in total. The van der Waals surface area contributed by atoms with Crippen LogP contribution in [0.15, 0.2) is 29.4 Å². The number of ether oxygens (including phenoxy) is 1. The first-order valence-corrected chi connectivity index (χ1v) is 11.1. The summed E-state index contributed by atoms with van der Waals surface area (Å²) in [5.74, 6) is -0.00116. The van der Waals surface area contributed by atoms with Gasteiger partial charge in [0.1, 0.15) is 5.75 Å². The molecular formula is C20H26F2N2O3S. The van der Waals surface area contributed by atoms with Crippen molar-refractivity contribution < 1.29 is 21.9 Å². The van der Waals surface area contributed by atoms with E-state index in [1.165, 1.54) is 30.7 Å². The third-order valence-electron chi connectivity index (χ3n) is 5.59. The van der Waals surface area contributed by atoms with Crippen LogP contribution in [-0.4, -0.2) is 24.6 Å². The van der Waals surface area contributed by atoms with E-state index in [2.05, 4.69) is 9.72 Å². The van der Waals surface area contributed by atoms with Gasteiger partial charge < -0.3 is 9.30 Å². The topological polar surface area (TPSA) is 61.2 Å². The van der Waals surface area contributed by atoms with E-state index in [-0.39, 0.29) is 16.9 Å². The Balaban J connectivity index is 1.95. The number of rotatable bonds is 6. The molecular weight excluding hydrogens is 386 g/mol. The molecule has 154 valence electrons. The SMILES string of the molecule is Cc1nc(S(=O)(=O)[C@H](C)c2ccc(OC(F)F)cc2)n(C2CCCCC2)c1C. The molecule has 1 atom stereocenters. The Morgan fingerprint density at radius 2 is 1.71 bits per heavy atom. The van der Waals surface area contributed by atoms with Gasteiger partial charge >= 0.3 is 6.61 Å². The number of hydrogen-bond acceptors (Lipinski definition) is 4. The average Bonchev–Trinajstić information content (AvgIpc) is 2.97. The second kappa shape index (κ2) is 8.19. The van der Waals surface area contributed by atoms with Crippen LogP contribution >= 0.6 is 0 Å². The highest BCUT2D eigenvalue weighted by Crippen LogP contribution is 2.36. The van der Waals surface area contributed by atoms with Crippen molar-refractivity contribution in [1.29, 1.82) is 0 Å². The predicted octanol–water partition coefficient (Wildman–Crippen LogP) is 5.14. The molecule has 0 unspecified atom stereocenters. The monoisotopic (exact) mass is 412 g/mol. The van der Waals surface area contributed by atoms with E-state index >= 15 is 0 Å². The zero-order valence-corrected chi connectivity index (χ0v) is 17.2. The normalized spacial score (nSPS) is 17.1. The number of aromatic nitrogens is 2. The molecule has 28 heavy (non-hydrogen) atoms. The van der Waals surface area contributed by atoms with Crippen LogP contribution in [0.1, 0.15) is 67.3 Å². The number of imidazole rings is 1. The summed E-state index contributed by atoms with van der Waals surface area (Å²) in [7, 11) is -3.75. The Kier molecular flexibility index (Phi) is 6.07. The minimum atomic E-state index is -3.75. The van der Waals surface area contributed by atoms with Gasteiger partial charge in [-0.05, 0) is 51.3 Å². The molecule has 8 heteroatoms. The molecule has 1 saturated carbocycles. The van der Waals surface area contributed by atoms with E-state index in [0.29, 0.717) is 5.56 Å². The Bertz CT molecular complexity index is 918. The number of halogens is 2. The van der Waals surface area contributed by atoms with E-state index in [1.807, 2.05) is 18.4 Å². The van der Waals surface area contributed by atoms with Crippen LogP contribution in [-0.2, 0) is 9.84 Å². The molecule has 1 aromatic carbocycles. The van der Waals surface area contributed by atoms with Crippen molar-refractivity contribution in [2.75, 3.05) is 0 Å². The molecule has 1 aliphatic carbocycles. The van der Waals surface area contributed by atoms with Gasteiger partial charge in [0.25, 0.3) is 0 Å². The fourth-order valence-corrected chi connectivity index (χ4v) is 5.48. The number of hydrogen-bond donors (Lipinski definition) is 0. The number of benzene rings is 1. The predicted molar refractivity (Wildman–Crippen MR) is 102 cm³/mol. The van der Waals surface area contributed by atoms with Crippen LogP contribution in [0.5, 0.6) is 5.75 Å². The summed E-state index contributed by atoms with van der Waals surface area (Å²) in [5.41, 5.74) is 2.12. The maximum Gasteiger partial charge on any atom is 0.387 e. The van der Waals surface area contributed by atoms with Crippen molar-refractivity contribution in [3.63, 3.8) is 0 Å². The van der Waals surface area contributed by atoms with Gasteiger partial charge in [-0.2, -0.15) is 8.78 Å². The first kappa shape index (κ1) is 20.8. The molecule has 1 fully saturated rings. The Morgan fingerprint density at radius 1 is 1.11 bits per heavy atom. The number of aryl methyl sites for hydroxylation is 1. The first-order valence-electron chi connectivity index (χ1n) is 9.56. The summed E-state index contributed by atoms with van der Waals surface area (Å²) in [6.07, 6.45) is 5.25. The Morgan fingerprint density at radius 3 is 2.29 bits per heavy atom. The highest BCUT2D eigenvalue weighted by atomic mass is 32.2. The smallest absolute Gasteiger partial charge is 0.387 e. The maximum atomic E-state index is 13.4. The lowest BCUT2D eigenvalue weighted by atomic mass is 9.95. The van der Waals surface area contributed by atoms with Crippen LogP contribution in [0.2, 0.25) is 0 Å². The van der Waals surface area contributed by atoms with Gasteiger partial charge in [0.2, 0.25) is 15.0 Å². The molecule has 0 aliphatic heterocycles. The van der Waals surface area contributed by atoms with Crippen LogP contribution < -0.4 is 4.74 Å². The van der Waals surface area contributed by atoms with E-state index in [1.54, 1.807) is 6.92 Å². The van der Waals surface area contributed by atoms with Gasteiger partial charge in [-0.15, -0.1) is 0 Å². The summed E-state index contributed by atoms with van der Waals surface area (Å²) in [6.45, 7) is 2.43. The summed E-state index contributed by atoms with van der Waals surface area (Å²) in [5, 5.41) is -0.744. The van der Waals surface area contributed by atoms with Crippen molar-refractivity contribution in [2.24, 2.45) is 0 Å². The minimum absolute atomic E-state index is 0.00116. The lowest BCUT2D eigenvalue weighted by Gasteiger charge is -2.26. The number of alkyl halides is 2. The quantitative estimate of drug-likeness (QED) is 0.659. The van der Waals surface area contributed by atoms with Crippen LogP contribution in [0.3, 0.4) is 0 Å². The Labute approximate surface area is 164 Å². The molecule has 0 spiro atoms. The summed E-state index contributed by atoms with van der Waals surface area (Å²) in [6, 6.07) is 5.88. The summed E-state index contributed by atoms with van der Waals surface area (Å²) < 4.78 is 57.7. The molecule has 0 saturated heterocycles. The molecule has 5 nitrogen and oxygen atoms in total. The van der Waals surface area contributed by atoms with E-state index < -0.39 is 21.7 Å². The van der Waals surface area contributed by atoms with Gasteiger partial charge in [0.05, 0.1) is 10.9 Å². The van der Waals surface area contributed by atoms with Gasteiger partial charge in [-0.3, -0.25) is 0 Å². The third-order valence-corrected chi connectivity index (χ3v) is 7.59. The van der Waals surface area contributed by atoms with E-state index in [4.69, 9.17) is 0 Å². The molecule has 0 amide bonds. The average molecular weight is 413 g/mol. The molecule has 0 radical (unpaired) electrons. The fraction of sp³-hybridized carbons (Fsp3) is 0.550. The second-order valence-electron chi connectivity index (χ2n) is 7.36.